The van der Waals surface area contributed by atoms with Crippen LogP contribution in [0, 0.1) is 5.92 Å². The van der Waals surface area contributed by atoms with Crippen molar-refractivity contribution in [3.8, 4) is 0 Å². The van der Waals surface area contributed by atoms with Gasteiger partial charge in [0.15, 0.2) is 0 Å². The predicted molar refractivity (Wildman–Crippen MR) is 378 cm³/mol. The van der Waals surface area contributed by atoms with Crippen molar-refractivity contribution in [3.63, 3.8) is 0 Å². The minimum Gasteiger partial charge on any atom is -0.466 e. The van der Waals surface area contributed by atoms with Crippen molar-refractivity contribution in [1.29, 1.82) is 0 Å². The molecule has 0 fully saturated rings. The highest BCUT2D eigenvalue weighted by Gasteiger charge is 2.32. The molecule has 0 heterocycles. The first-order valence-corrected chi connectivity index (χ1v) is 40.0. The Morgan fingerprint density at radius 1 is 0.239 bits per heavy atom. The molecule has 3 atom stereocenters. The molecule has 522 valence electrons. The molecule has 0 amide bonds. The van der Waals surface area contributed by atoms with Crippen LogP contribution in [0.4, 0.5) is 0 Å². The first-order valence-electron chi connectivity index (χ1n) is 40.0. The van der Waals surface area contributed by atoms with Crippen molar-refractivity contribution in [2.75, 3.05) is 6.61 Å². The number of carbonyl (C=O) groups is 4. The summed E-state index contributed by atoms with van der Waals surface area (Å²) >= 11 is 0. The molecule has 0 aromatic heterocycles. The van der Waals surface area contributed by atoms with E-state index < -0.39 is 18.3 Å². The molecule has 0 aliphatic heterocycles. The Labute approximate surface area is 549 Å². The number of esters is 4. The fourth-order valence-corrected chi connectivity index (χ4v) is 13.0. The number of carbonyl (C=O) groups excluding carboxylic acids is 4. The molecule has 8 nitrogen and oxygen atoms in total. The molecule has 0 aliphatic rings. The van der Waals surface area contributed by atoms with Crippen molar-refractivity contribution >= 4 is 23.9 Å². The van der Waals surface area contributed by atoms with Gasteiger partial charge in [0, 0.05) is 32.1 Å². The van der Waals surface area contributed by atoms with E-state index in [0.717, 1.165) is 128 Å². The summed E-state index contributed by atoms with van der Waals surface area (Å²) in [6, 6.07) is 0. The van der Waals surface area contributed by atoms with E-state index >= 15 is 0 Å². The van der Waals surface area contributed by atoms with Gasteiger partial charge in [-0.3, -0.25) is 19.2 Å². The molecule has 0 saturated carbocycles. The minimum atomic E-state index is -0.691. The Balaban J connectivity index is 5.87. The van der Waals surface area contributed by atoms with Crippen LogP contribution < -0.4 is 0 Å². The molecule has 0 saturated heterocycles. The second-order valence-electron chi connectivity index (χ2n) is 27.7. The topological polar surface area (TPSA) is 105 Å². The highest BCUT2D eigenvalue weighted by Crippen LogP contribution is 2.26. The lowest BCUT2D eigenvalue weighted by atomic mass is 9.97. The fourth-order valence-electron chi connectivity index (χ4n) is 13.0. The second-order valence-corrected chi connectivity index (χ2v) is 27.7. The molecule has 0 bridgehead atoms. The highest BCUT2D eigenvalue weighted by atomic mass is 16.6. The molecular weight excluding hydrogens is 1090 g/mol. The van der Waals surface area contributed by atoms with E-state index in [1.807, 2.05) is 0 Å². The van der Waals surface area contributed by atoms with Crippen molar-refractivity contribution < 1.29 is 38.1 Å². The highest BCUT2D eigenvalue weighted by molar-refractivity contribution is 5.71. The summed E-state index contributed by atoms with van der Waals surface area (Å²) in [4.78, 5) is 54.2. The Morgan fingerprint density at radius 3 is 0.807 bits per heavy atom. The Kier molecular flexibility index (Phi) is 69.0. The predicted octanol–water partition coefficient (Wildman–Crippen LogP) is 26.4. The summed E-state index contributed by atoms with van der Waals surface area (Å²) < 4.78 is 25.0. The van der Waals surface area contributed by atoms with Gasteiger partial charge >= 0.3 is 23.9 Å². The monoisotopic (exact) mass is 1240 g/mol. The van der Waals surface area contributed by atoms with Crippen LogP contribution in [0.3, 0.4) is 0 Å². The van der Waals surface area contributed by atoms with E-state index in [9.17, 15) is 19.2 Å². The number of ether oxygens (including phenoxy) is 4. The average molecular weight is 1240 g/mol. The molecule has 0 aromatic rings. The van der Waals surface area contributed by atoms with E-state index in [1.165, 1.54) is 244 Å². The molecule has 8 heteroatoms. The smallest absolute Gasteiger partial charge is 0.306 e. The van der Waals surface area contributed by atoms with Gasteiger partial charge in [-0.1, -0.05) is 363 Å². The Morgan fingerprint density at radius 2 is 0.489 bits per heavy atom. The lowest BCUT2D eigenvalue weighted by Gasteiger charge is -2.30. The standard InChI is InChI=1S/C80H154O8/c1-7-13-17-21-24-27-30-33-36-39-42-45-48-53-60-68-78(82)86-74(65-57-20-16-10-4)72-76(88-80(84)70-62-55-50-47-44-41-38-35-32-29-26-23-19-15-9-3)75(66-58-52-51-56-59-67-77(81)85-71-63-64-73(11-5)12-6)87-79(83)69-61-54-49-46-43-40-37-34-31-28-25-22-18-14-8-2/h73-76H,7-72H2,1-6H3. The number of rotatable bonds is 73. The van der Waals surface area contributed by atoms with E-state index in [4.69, 9.17) is 18.9 Å². The van der Waals surface area contributed by atoms with Gasteiger partial charge in [-0.15, -0.1) is 0 Å². The van der Waals surface area contributed by atoms with Crippen LogP contribution in [0.15, 0.2) is 0 Å². The summed E-state index contributed by atoms with van der Waals surface area (Å²) in [6.07, 6.45) is 71.7. The van der Waals surface area contributed by atoms with Gasteiger partial charge in [0.2, 0.25) is 0 Å². The molecule has 0 radical (unpaired) electrons. The summed E-state index contributed by atoms with van der Waals surface area (Å²) in [7, 11) is 0. The summed E-state index contributed by atoms with van der Waals surface area (Å²) in [6.45, 7) is 14.0. The SMILES string of the molecule is CCCCCCCCCCCCCCCCCC(=O)OC(CCCCCC)CC(OC(=O)CCCCCCCCCCCCCCCCC)C(CCCCCCCC(=O)OCCCC(CC)CC)OC(=O)CCCCCCCCCCCCCCCCC. The average Bonchev–Trinajstić information content (AvgIpc) is 3.70. The van der Waals surface area contributed by atoms with E-state index in [2.05, 4.69) is 41.5 Å². The van der Waals surface area contributed by atoms with Gasteiger partial charge in [0.1, 0.15) is 18.3 Å². The number of hydrogen-bond acceptors (Lipinski definition) is 8. The largest absolute Gasteiger partial charge is 0.466 e. The Bertz CT molecular complexity index is 1440. The molecule has 3 unspecified atom stereocenters. The van der Waals surface area contributed by atoms with Gasteiger partial charge in [0.05, 0.1) is 6.61 Å². The van der Waals surface area contributed by atoms with Crippen molar-refractivity contribution in [3.05, 3.63) is 0 Å². The van der Waals surface area contributed by atoms with Crippen LogP contribution in [0.2, 0.25) is 0 Å². The lowest BCUT2D eigenvalue weighted by Crippen LogP contribution is -2.39. The zero-order chi connectivity index (χ0) is 64.1. The summed E-state index contributed by atoms with van der Waals surface area (Å²) in [5.41, 5.74) is 0. The first-order chi connectivity index (χ1) is 43.2. The van der Waals surface area contributed by atoms with E-state index in [0.29, 0.717) is 57.5 Å². The van der Waals surface area contributed by atoms with E-state index in [-0.39, 0.29) is 23.9 Å². The molecular formula is C80H154O8. The summed E-state index contributed by atoms with van der Waals surface area (Å²) in [5.74, 6) is -0.00475. The van der Waals surface area contributed by atoms with Gasteiger partial charge in [-0.05, 0) is 70.1 Å². The van der Waals surface area contributed by atoms with Crippen LogP contribution in [-0.2, 0) is 38.1 Å². The number of hydrogen-bond donors (Lipinski definition) is 0. The molecule has 0 aliphatic carbocycles. The fraction of sp³-hybridized carbons (Fsp3) is 0.950. The normalized spacial score (nSPS) is 12.6. The molecule has 0 spiro atoms. The summed E-state index contributed by atoms with van der Waals surface area (Å²) in [5, 5.41) is 0. The lowest BCUT2D eigenvalue weighted by molar-refractivity contribution is -0.174. The van der Waals surface area contributed by atoms with Crippen LogP contribution in [-0.4, -0.2) is 48.8 Å². The molecule has 0 N–H and O–H groups in total. The third-order valence-electron chi connectivity index (χ3n) is 19.2. The van der Waals surface area contributed by atoms with Gasteiger partial charge in [-0.2, -0.15) is 0 Å². The maximum atomic E-state index is 14.0. The minimum absolute atomic E-state index is 0.0978. The van der Waals surface area contributed by atoms with Crippen LogP contribution in [0.5, 0.6) is 0 Å². The van der Waals surface area contributed by atoms with Crippen LogP contribution in [0.1, 0.15) is 459 Å². The quantitative estimate of drug-likeness (QED) is 0.0337. The third kappa shape index (κ3) is 62.7. The van der Waals surface area contributed by atoms with Crippen LogP contribution >= 0.6 is 0 Å². The zero-order valence-corrected chi connectivity index (χ0v) is 60.2. The second kappa shape index (κ2) is 70.7. The van der Waals surface area contributed by atoms with Crippen molar-refractivity contribution in [2.24, 2.45) is 5.92 Å². The molecule has 88 heavy (non-hydrogen) atoms. The molecule has 0 aromatic carbocycles. The van der Waals surface area contributed by atoms with Crippen molar-refractivity contribution in [1.82, 2.24) is 0 Å². The third-order valence-corrected chi connectivity index (χ3v) is 19.2. The first kappa shape index (κ1) is 85.9. The van der Waals surface area contributed by atoms with E-state index in [1.54, 1.807) is 0 Å². The van der Waals surface area contributed by atoms with Crippen molar-refractivity contribution in [2.45, 2.75) is 477 Å². The molecule has 0 rings (SSSR count). The number of unbranched alkanes of at least 4 members (excludes halogenated alkanes) is 49. The van der Waals surface area contributed by atoms with Gasteiger partial charge in [0.25, 0.3) is 0 Å². The van der Waals surface area contributed by atoms with Crippen LogP contribution in [0.25, 0.3) is 0 Å². The van der Waals surface area contributed by atoms with Gasteiger partial charge in [-0.25, -0.2) is 0 Å². The maximum absolute atomic E-state index is 14.0. The maximum Gasteiger partial charge on any atom is 0.306 e. The van der Waals surface area contributed by atoms with Gasteiger partial charge < -0.3 is 18.9 Å². The Hall–Kier alpha value is -2.12. The zero-order valence-electron chi connectivity index (χ0n) is 60.2.